The van der Waals surface area contributed by atoms with Gasteiger partial charge in [0.25, 0.3) is 0 Å². The number of carbonyl (C=O) groups is 1. The molecule has 5 nitrogen and oxygen atoms in total. The van der Waals surface area contributed by atoms with Crippen LogP contribution in [0.3, 0.4) is 0 Å². The lowest BCUT2D eigenvalue weighted by Crippen LogP contribution is -2.03. The fraction of sp³-hybridized carbons (Fsp3) is 0.0769. The molecule has 0 unspecified atom stereocenters. The first-order valence-electron chi connectivity index (χ1n) is 5.30. The standard InChI is InChI=1S/C13H12N2O3/c1-8-4-2-3-5-11(8)18-12-6-9(13(16)17)10(14)7-15-12/h2-7H,14H2,1H3,(H,16,17). The van der Waals surface area contributed by atoms with Crippen LogP contribution in [0.25, 0.3) is 0 Å². The van der Waals surface area contributed by atoms with E-state index >= 15 is 0 Å². The molecule has 0 aliphatic carbocycles. The molecule has 0 spiro atoms. The molecule has 1 aromatic carbocycles. The van der Waals surface area contributed by atoms with E-state index < -0.39 is 5.97 Å². The van der Waals surface area contributed by atoms with Crippen LogP contribution >= 0.6 is 0 Å². The largest absolute Gasteiger partial charge is 0.478 e. The quantitative estimate of drug-likeness (QED) is 0.866. The van der Waals surface area contributed by atoms with Crippen molar-refractivity contribution in [3.63, 3.8) is 0 Å². The van der Waals surface area contributed by atoms with Crippen LogP contribution in [0.2, 0.25) is 0 Å². The molecule has 0 amide bonds. The zero-order valence-electron chi connectivity index (χ0n) is 9.75. The number of nitrogens with two attached hydrogens (primary N) is 1. The van der Waals surface area contributed by atoms with Gasteiger partial charge in [-0.15, -0.1) is 0 Å². The Kier molecular flexibility index (Phi) is 3.14. The number of hydrogen-bond acceptors (Lipinski definition) is 4. The zero-order valence-corrected chi connectivity index (χ0v) is 9.75. The first-order chi connectivity index (χ1) is 8.58. The normalized spacial score (nSPS) is 10.1. The highest BCUT2D eigenvalue weighted by Gasteiger charge is 2.11. The number of aromatic carboxylic acids is 1. The van der Waals surface area contributed by atoms with Crippen LogP contribution in [0.5, 0.6) is 11.6 Å². The van der Waals surface area contributed by atoms with Gasteiger partial charge >= 0.3 is 5.97 Å². The lowest BCUT2D eigenvalue weighted by Gasteiger charge is -2.08. The number of aryl methyl sites for hydroxylation is 1. The molecule has 18 heavy (non-hydrogen) atoms. The van der Waals surface area contributed by atoms with Crippen LogP contribution in [0.4, 0.5) is 5.69 Å². The molecule has 5 heteroatoms. The third-order valence-corrected chi connectivity index (χ3v) is 2.45. The van der Waals surface area contributed by atoms with E-state index in [1.807, 2.05) is 25.1 Å². The van der Waals surface area contributed by atoms with E-state index in [0.717, 1.165) is 5.56 Å². The van der Waals surface area contributed by atoms with Crippen molar-refractivity contribution in [2.45, 2.75) is 6.92 Å². The van der Waals surface area contributed by atoms with Crippen molar-refractivity contribution < 1.29 is 14.6 Å². The summed E-state index contributed by atoms with van der Waals surface area (Å²) in [5.74, 6) is -0.272. The third-order valence-electron chi connectivity index (χ3n) is 2.45. The van der Waals surface area contributed by atoms with Gasteiger partial charge in [0.1, 0.15) is 5.75 Å². The number of aromatic nitrogens is 1. The fourth-order valence-electron chi connectivity index (χ4n) is 1.47. The fourth-order valence-corrected chi connectivity index (χ4v) is 1.47. The van der Waals surface area contributed by atoms with Crippen molar-refractivity contribution in [1.29, 1.82) is 0 Å². The Labute approximate surface area is 104 Å². The molecule has 3 N–H and O–H groups in total. The lowest BCUT2D eigenvalue weighted by atomic mass is 10.2. The van der Waals surface area contributed by atoms with E-state index in [9.17, 15) is 4.79 Å². The second-order valence-corrected chi connectivity index (χ2v) is 3.78. The SMILES string of the molecule is Cc1ccccc1Oc1cc(C(=O)O)c(N)cn1. The zero-order chi connectivity index (χ0) is 13.1. The van der Waals surface area contributed by atoms with Crippen LogP contribution < -0.4 is 10.5 Å². The molecule has 0 radical (unpaired) electrons. The minimum Gasteiger partial charge on any atom is -0.478 e. The summed E-state index contributed by atoms with van der Waals surface area (Å²) < 4.78 is 5.52. The Morgan fingerprint density at radius 1 is 1.39 bits per heavy atom. The first-order valence-corrected chi connectivity index (χ1v) is 5.30. The molecule has 1 heterocycles. The number of anilines is 1. The van der Waals surface area contributed by atoms with Gasteiger partial charge in [0.15, 0.2) is 0 Å². The van der Waals surface area contributed by atoms with Gasteiger partial charge in [-0.2, -0.15) is 0 Å². The van der Waals surface area contributed by atoms with Gasteiger partial charge in [-0.05, 0) is 18.6 Å². The maximum absolute atomic E-state index is 10.9. The van der Waals surface area contributed by atoms with Crippen molar-refractivity contribution in [3.8, 4) is 11.6 Å². The number of ether oxygens (including phenoxy) is 1. The Hall–Kier alpha value is -2.56. The number of pyridine rings is 1. The Morgan fingerprint density at radius 3 is 2.78 bits per heavy atom. The number of rotatable bonds is 3. The van der Waals surface area contributed by atoms with Gasteiger partial charge in [-0.25, -0.2) is 9.78 Å². The summed E-state index contributed by atoms with van der Waals surface area (Å²) in [6.45, 7) is 1.89. The third kappa shape index (κ3) is 2.40. The number of carboxylic acids is 1. The molecule has 0 saturated heterocycles. The van der Waals surface area contributed by atoms with Gasteiger partial charge in [0.05, 0.1) is 17.4 Å². The topological polar surface area (TPSA) is 85.4 Å². The summed E-state index contributed by atoms with van der Waals surface area (Å²) in [5, 5.41) is 8.95. The van der Waals surface area contributed by atoms with E-state index in [0.29, 0.717) is 5.75 Å². The van der Waals surface area contributed by atoms with E-state index in [4.69, 9.17) is 15.6 Å². The molecular weight excluding hydrogens is 232 g/mol. The smallest absolute Gasteiger partial charge is 0.338 e. The van der Waals surface area contributed by atoms with Crippen molar-refractivity contribution in [3.05, 3.63) is 47.7 Å². The minimum absolute atomic E-state index is 0.0198. The van der Waals surface area contributed by atoms with Gasteiger partial charge in [-0.3, -0.25) is 0 Å². The van der Waals surface area contributed by atoms with E-state index in [2.05, 4.69) is 4.98 Å². The van der Waals surface area contributed by atoms with Crippen LogP contribution in [0.1, 0.15) is 15.9 Å². The van der Waals surface area contributed by atoms with Crippen LogP contribution in [-0.4, -0.2) is 16.1 Å². The van der Waals surface area contributed by atoms with Crippen molar-refractivity contribution in [2.75, 3.05) is 5.73 Å². The molecule has 92 valence electrons. The number of benzene rings is 1. The maximum atomic E-state index is 10.9. The highest BCUT2D eigenvalue weighted by molar-refractivity contribution is 5.93. The number of hydrogen-bond donors (Lipinski definition) is 2. The molecule has 1 aromatic heterocycles. The summed E-state index contributed by atoms with van der Waals surface area (Å²) in [5.41, 5.74) is 6.54. The average Bonchev–Trinajstić information content (AvgIpc) is 2.34. The summed E-state index contributed by atoms with van der Waals surface area (Å²) in [6, 6.07) is 8.71. The van der Waals surface area contributed by atoms with Crippen molar-refractivity contribution >= 4 is 11.7 Å². The van der Waals surface area contributed by atoms with E-state index in [1.54, 1.807) is 6.07 Å². The van der Waals surface area contributed by atoms with E-state index in [1.165, 1.54) is 12.3 Å². The molecule has 0 fully saturated rings. The predicted molar refractivity (Wildman–Crippen MR) is 66.9 cm³/mol. The molecule has 2 rings (SSSR count). The number of carboxylic acid groups (broad SMARTS) is 1. The van der Waals surface area contributed by atoms with E-state index in [-0.39, 0.29) is 17.1 Å². The lowest BCUT2D eigenvalue weighted by molar-refractivity contribution is 0.0697. The average molecular weight is 244 g/mol. The Morgan fingerprint density at radius 2 is 2.11 bits per heavy atom. The molecule has 0 atom stereocenters. The van der Waals surface area contributed by atoms with Crippen LogP contribution in [0.15, 0.2) is 36.5 Å². The first kappa shape index (κ1) is 11.9. The minimum atomic E-state index is -1.11. The van der Waals surface area contributed by atoms with Gasteiger partial charge in [0, 0.05) is 6.07 Å². The van der Waals surface area contributed by atoms with Crippen LogP contribution in [-0.2, 0) is 0 Å². The Bertz CT molecular complexity index is 597. The molecule has 0 aliphatic heterocycles. The maximum Gasteiger partial charge on any atom is 0.338 e. The molecule has 0 saturated carbocycles. The van der Waals surface area contributed by atoms with Crippen molar-refractivity contribution in [1.82, 2.24) is 4.98 Å². The number of nitrogens with zero attached hydrogens (tertiary/aromatic N) is 1. The van der Waals surface area contributed by atoms with Crippen molar-refractivity contribution in [2.24, 2.45) is 0 Å². The molecular formula is C13H12N2O3. The summed E-state index contributed by atoms with van der Waals surface area (Å²) >= 11 is 0. The van der Waals surface area contributed by atoms with Gasteiger partial charge in [0.2, 0.25) is 5.88 Å². The van der Waals surface area contributed by atoms with Crippen LogP contribution in [0, 0.1) is 6.92 Å². The second-order valence-electron chi connectivity index (χ2n) is 3.78. The highest BCUT2D eigenvalue weighted by atomic mass is 16.5. The highest BCUT2D eigenvalue weighted by Crippen LogP contribution is 2.25. The molecule has 0 bridgehead atoms. The van der Waals surface area contributed by atoms with Gasteiger partial charge < -0.3 is 15.6 Å². The Balaban J connectivity index is 2.33. The summed E-state index contributed by atoms with van der Waals surface area (Å²) in [6.07, 6.45) is 1.27. The van der Waals surface area contributed by atoms with Gasteiger partial charge in [-0.1, -0.05) is 18.2 Å². The second kappa shape index (κ2) is 4.75. The molecule has 2 aromatic rings. The number of nitrogen functional groups attached to an aromatic ring is 1. The number of para-hydroxylation sites is 1. The predicted octanol–water partition coefficient (Wildman–Crippen LogP) is 2.46. The summed E-state index contributed by atoms with van der Waals surface area (Å²) in [7, 11) is 0. The molecule has 0 aliphatic rings. The summed E-state index contributed by atoms with van der Waals surface area (Å²) in [4.78, 5) is 14.9. The monoisotopic (exact) mass is 244 g/mol.